The molecule has 106 valence electrons. The van der Waals surface area contributed by atoms with Crippen molar-refractivity contribution in [1.82, 2.24) is 0 Å². The van der Waals surface area contributed by atoms with Gasteiger partial charge in [0.05, 0.1) is 12.0 Å². The van der Waals surface area contributed by atoms with Crippen LogP contribution in [0.1, 0.15) is 41.5 Å². The van der Waals surface area contributed by atoms with Gasteiger partial charge in [-0.25, -0.2) is 0 Å². The van der Waals surface area contributed by atoms with Gasteiger partial charge in [0.2, 0.25) is 0 Å². The molecular weight excluding hydrogens is 244 g/mol. The Balaban J connectivity index is 2.88. The van der Waals surface area contributed by atoms with Crippen molar-refractivity contribution in [1.29, 1.82) is 0 Å². The third-order valence-corrected chi connectivity index (χ3v) is 9.38. The zero-order valence-electron chi connectivity index (χ0n) is 12.7. The summed E-state index contributed by atoms with van der Waals surface area (Å²) in [4.78, 5) is 11.8. The Bertz CT molecular complexity index is 280. The molecule has 0 aromatic carbocycles. The van der Waals surface area contributed by atoms with Gasteiger partial charge >= 0.3 is 5.97 Å². The highest BCUT2D eigenvalue weighted by molar-refractivity contribution is 6.73. The average Bonchev–Trinajstić information content (AvgIpc) is 2.38. The van der Waals surface area contributed by atoms with E-state index in [2.05, 4.69) is 27.7 Å². The van der Waals surface area contributed by atoms with Crippen molar-refractivity contribution in [3.8, 4) is 0 Å². The van der Waals surface area contributed by atoms with E-state index in [0.29, 0.717) is 0 Å². The van der Waals surface area contributed by atoms with E-state index in [1.54, 1.807) is 0 Å². The molecule has 1 heterocycles. The van der Waals surface area contributed by atoms with Crippen molar-refractivity contribution in [2.45, 2.75) is 71.9 Å². The summed E-state index contributed by atoms with van der Waals surface area (Å²) < 4.78 is 11.9. The fourth-order valence-electron chi connectivity index (χ4n) is 2.75. The fourth-order valence-corrected chi connectivity index (χ4v) is 5.75. The third kappa shape index (κ3) is 2.97. The fraction of sp³-hybridized carbons (Fsp3) is 0.929. The van der Waals surface area contributed by atoms with E-state index in [0.717, 1.165) is 18.1 Å². The summed E-state index contributed by atoms with van der Waals surface area (Å²) in [5.41, 5.74) is 0. The van der Waals surface area contributed by atoms with E-state index in [4.69, 9.17) is 9.16 Å². The lowest BCUT2D eigenvalue weighted by Gasteiger charge is -2.43. The molecule has 1 aliphatic heterocycles. The Morgan fingerprint density at radius 3 is 2.06 bits per heavy atom. The zero-order chi connectivity index (χ0) is 13.9. The minimum Gasteiger partial charge on any atom is -0.462 e. The molecular formula is C14H28O3Si. The topological polar surface area (TPSA) is 35.5 Å². The van der Waals surface area contributed by atoms with Crippen LogP contribution in [-0.2, 0) is 14.0 Å². The number of carbonyl (C=O) groups excluding carboxylic acids is 1. The molecule has 0 N–H and O–H groups in total. The first kappa shape index (κ1) is 15.7. The van der Waals surface area contributed by atoms with Crippen molar-refractivity contribution in [2.75, 3.05) is 0 Å². The predicted molar refractivity (Wildman–Crippen MR) is 76.0 cm³/mol. The summed E-state index contributed by atoms with van der Waals surface area (Å²) in [6.45, 7) is 12.7. The van der Waals surface area contributed by atoms with Gasteiger partial charge in [-0.2, -0.15) is 0 Å². The first-order valence-corrected chi connectivity index (χ1v) is 9.82. The first-order valence-electron chi connectivity index (χ1n) is 7.29. The minimum atomic E-state index is -1.66. The van der Waals surface area contributed by atoms with E-state index in [1.165, 1.54) is 0 Å². The van der Waals surface area contributed by atoms with Gasteiger partial charge in [-0.15, -0.1) is 0 Å². The number of cyclic esters (lactones) is 1. The Morgan fingerprint density at radius 1 is 1.11 bits per heavy atom. The normalized spacial score (nSPS) is 33.3. The number of carbonyl (C=O) groups is 1. The molecule has 1 fully saturated rings. The van der Waals surface area contributed by atoms with Gasteiger partial charge < -0.3 is 9.16 Å². The van der Waals surface area contributed by atoms with Gasteiger partial charge in [0.1, 0.15) is 6.10 Å². The summed E-state index contributed by atoms with van der Waals surface area (Å²) >= 11 is 0. The number of rotatable bonds is 5. The lowest BCUT2D eigenvalue weighted by Crippen LogP contribution is -2.52. The van der Waals surface area contributed by atoms with Crippen molar-refractivity contribution in [2.24, 2.45) is 11.8 Å². The lowest BCUT2D eigenvalue weighted by molar-refractivity contribution is -0.173. The second-order valence-electron chi connectivity index (χ2n) is 5.62. The number of hydrogen-bond acceptors (Lipinski definition) is 3. The van der Waals surface area contributed by atoms with E-state index < -0.39 is 8.32 Å². The number of ether oxygens (including phenoxy) is 1. The second kappa shape index (κ2) is 6.20. The molecule has 0 spiro atoms. The van der Waals surface area contributed by atoms with E-state index in [1.807, 2.05) is 13.8 Å². The molecule has 0 aliphatic carbocycles. The molecule has 1 aliphatic rings. The van der Waals surface area contributed by atoms with Crippen molar-refractivity contribution < 1.29 is 14.0 Å². The molecule has 18 heavy (non-hydrogen) atoms. The van der Waals surface area contributed by atoms with Gasteiger partial charge in [-0.3, -0.25) is 4.79 Å². The van der Waals surface area contributed by atoms with Crippen LogP contribution in [0.4, 0.5) is 0 Å². The molecule has 4 atom stereocenters. The Hall–Kier alpha value is -0.353. The highest BCUT2D eigenvalue weighted by Gasteiger charge is 2.44. The zero-order valence-corrected chi connectivity index (χ0v) is 13.7. The van der Waals surface area contributed by atoms with Gasteiger partial charge in [0.15, 0.2) is 8.32 Å². The van der Waals surface area contributed by atoms with Gasteiger partial charge in [-0.05, 0) is 32.0 Å². The van der Waals surface area contributed by atoms with Crippen molar-refractivity contribution >= 4 is 14.3 Å². The highest BCUT2D eigenvalue weighted by Crippen LogP contribution is 2.34. The van der Waals surface area contributed by atoms with Crippen LogP contribution in [0.15, 0.2) is 0 Å². The summed E-state index contributed by atoms with van der Waals surface area (Å²) in [5, 5.41) is 0. The first-order chi connectivity index (χ1) is 8.40. The van der Waals surface area contributed by atoms with Crippen molar-refractivity contribution in [3.05, 3.63) is 0 Å². The monoisotopic (exact) mass is 272 g/mol. The van der Waals surface area contributed by atoms with Crippen molar-refractivity contribution in [3.63, 3.8) is 0 Å². The lowest BCUT2D eigenvalue weighted by atomic mass is 9.87. The maximum absolute atomic E-state index is 11.8. The molecule has 4 heteroatoms. The van der Waals surface area contributed by atoms with Crippen LogP contribution in [0.3, 0.4) is 0 Å². The second-order valence-corrected chi connectivity index (χ2v) is 10.3. The van der Waals surface area contributed by atoms with E-state index in [9.17, 15) is 4.79 Å². The van der Waals surface area contributed by atoms with Crippen LogP contribution in [-0.4, -0.2) is 26.5 Å². The predicted octanol–water partition coefficient (Wildman–Crippen LogP) is 3.59. The molecule has 0 radical (unpaired) electrons. The SMILES string of the molecule is CC[Si](CC)(CC)O[C@@H]1[C@H](C)[C@@H](C)OC(=O)[C@H]1C. The summed E-state index contributed by atoms with van der Waals surface area (Å²) in [5.74, 6) is 0.0544. The summed E-state index contributed by atoms with van der Waals surface area (Å²) in [7, 11) is -1.66. The van der Waals surface area contributed by atoms with Gasteiger partial charge in [0, 0.05) is 5.92 Å². The molecule has 1 saturated heterocycles. The Morgan fingerprint density at radius 2 is 1.61 bits per heavy atom. The van der Waals surface area contributed by atoms with Gasteiger partial charge in [-0.1, -0.05) is 27.7 Å². The maximum Gasteiger partial charge on any atom is 0.311 e. The molecule has 0 aromatic heterocycles. The molecule has 0 unspecified atom stereocenters. The summed E-state index contributed by atoms with van der Waals surface area (Å²) in [6.07, 6.45) is 0.00346. The van der Waals surface area contributed by atoms with Crippen LogP contribution < -0.4 is 0 Å². The van der Waals surface area contributed by atoms with E-state index >= 15 is 0 Å². The van der Waals surface area contributed by atoms with Crippen LogP contribution in [0.2, 0.25) is 18.1 Å². The third-order valence-electron chi connectivity index (χ3n) is 4.74. The maximum atomic E-state index is 11.8. The average molecular weight is 272 g/mol. The minimum absolute atomic E-state index is 0.0315. The van der Waals surface area contributed by atoms with Crippen LogP contribution >= 0.6 is 0 Å². The largest absolute Gasteiger partial charge is 0.462 e. The van der Waals surface area contributed by atoms with Crippen LogP contribution in [0, 0.1) is 11.8 Å². The Kier molecular flexibility index (Phi) is 5.41. The van der Waals surface area contributed by atoms with Crippen LogP contribution in [0.5, 0.6) is 0 Å². The smallest absolute Gasteiger partial charge is 0.311 e. The molecule has 0 bridgehead atoms. The van der Waals surface area contributed by atoms with Gasteiger partial charge in [0.25, 0.3) is 0 Å². The Labute approximate surface area is 112 Å². The molecule has 0 aromatic rings. The molecule has 0 saturated carbocycles. The quantitative estimate of drug-likeness (QED) is 0.567. The molecule has 0 amide bonds. The number of hydrogen-bond donors (Lipinski definition) is 0. The standard InChI is InChI=1S/C14H28O3Si/c1-7-18(8-2,9-3)17-13-10(4)12(6)16-14(15)11(13)5/h10-13H,7-9H2,1-6H3/t10-,11+,12-,13-/m1/s1. The summed E-state index contributed by atoms with van der Waals surface area (Å²) in [6, 6.07) is 3.37. The number of esters is 1. The highest BCUT2D eigenvalue weighted by atomic mass is 28.4. The van der Waals surface area contributed by atoms with E-state index in [-0.39, 0.29) is 30.0 Å². The molecule has 1 rings (SSSR count). The molecule has 3 nitrogen and oxygen atoms in total. The van der Waals surface area contributed by atoms with Crippen LogP contribution in [0.25, 0.3) is 0 Å².